The predicted molar refractivity (Wildman–Crippen MR) is 72.2 cm³/mol. The molecule has 0 aliphatic carbocycles. The Morgan fingerprint density at radius 2 is 2.05 bits per heavy atom. The van der Waals surface area contributed by atoms with Gasteiger partial charge in [-0.25, -0.2) is 4.79 Å². The molecule has 2 amide bonds. The van der Waals surface area contributed by atoms with Crippen LogP contribution < -0.4 is 5.56 Å². The van der Waals surface area contributed by atoms with E-state index < -0.39 is 0 Å². The molecule has 2 aliphatic heterocycles. The summed E-state index contributed by atoms with van der Waals surface area (Å²) in [6.45, 7) is 2.22. The molecule has 1 aromatic rings. The van der Waals surface area contributed by atoms with Gasteiger partial charge in [-0.2, -0.15) is 0 Å². The fourth-order valence-electron chi connectivity index (χ4n) is 3.34. The third-order valence-corrected chi connectivity index (χ3v) is 4.13. The van der Waals surface area contributed by atoms with Crippen molar-refractivity contribution >= 4 is 6.03 Å². The van der Waals surface area contributed by atoms with Crippen LogP contribution in [0, 0.1) is 5.92 Å². The average Bonchev–Trinajstić information content (AvgIpc) is 2.39. The van der Waals surface area contributed by atoms with Crippen LogP contribution >= 0.6 is 0 Å². The van der Waals surface area contributed by atoms with Crippen molar-refractivity contribution in [1.82, 2.24) is 14.4 Å². The number of carbonyl (C=O) groups is 1. The van der Waals surface area contributed by atoms with E-state index in [9.17, 15) is 9.59 Å². The summed E-state index contributed by atoms with van der Waals surface area (Å²) in [4.78, 5) is 27.5. The topological polar surface area (TPSA) is 45.6 Å². The number of fused-ring (bicyclic) bond motifs is 4. The molecule has 0 aromatic carbocycles. The lowest BCUT2D eigenvalue weighted by atomic mass is 9.83. The van der Waals surface area contributed by atoms with Crippen LogP contribution in [0.25, 0.3) is 0 Å². The number of amides is 2. The van der Waals surface area contributed by atoms with Crippen molar-refractivity contribution in [2.24, 2.45) is 5.92 Å². The normalized spacial score (nSPS) is 24.8. The summed E-state index contributed by atoms with van der Waals surface area (Å²) in [7, 11) is 3.57. The highest BCUT2D eigenvalue weighted by molar-refractivity contribution is 5.74. The van der Waals surface area contributed by atoms with E-state index in [1.165, 1.54) is 0 Å². The van der Waals surface area contributed by atoms with Gasteiger partial charge in [0.25, 0.3) is 5.56 Å². The quantitative estimate of drug-likeness (QED) is 0.698. The lowest BCUT2D eigenvalue weighted by Gasteiger charge is -2.43. The summed E-state index contributed by atoms with van der Waals surface area (Å²) in [5, 5.41) is 0. The van der Waals surface area contributed by atoms with Crippen molar-refractivity contribution in [3.05, 3.63) is 34.2 Å². The van der Waals surface area contributed by atoms with E-state index >= 15 is 0 Å². The third-order valence-electron chi connectivity index (χ3n) is 4.13. The number of aromatic nitrogens is 1. The lowest BCUT2D eigenvalue weighted by Crippen LogP contribution is -2.51. The van der Waals surface area contributed by atoms with Gasteiger partial charge in [-0.1, -0.05) is 6.07 Å². The van der Waals surface area contributed by atoms with Crippen molar-refractivity contribution in [1.29, 1.82) is 0 Å². The highest BCUT2D eigenvalue weighted by atomic mass is 16.2. The third kappa shape index (κ3) is 2.03. The zero-order chi connectivity index (χ0) is 13.6. The Morgan fingerprint density at radius 3 is 2.79 bits per heavy atom. The molecular formula is C14H19N3O2. The molecule has 1 saturated heterocycles. The Morgan fingerprint density at radius 1 is 1.26 bits per heavy atom. The predicted octanol–water partition coefficient (Wildman–Crippen LogP) is 0.949. The van der Waals surface area contributed by atoms with Crippen LogP contribution in [0.3, 0.4) is 0 Å². The summed E-state index contributed by atoms with van der Waals surface area (Å²) in [6, 6.07) is 5.53. The fraction of sp³-hybridized carbons (Fsp3) is 0.571. The number of carbonyl (C=O) groups excluding carboxylic acids is 1. The Bertz CT molecular complexity index is 564. The van der Waals surface area contributed by atoms with Crippen molar-refractivity contribution in [2.75, 3.05) is 27.2 Å². The molecule has 2 aliphatic rings. The van der Waals surface area contributed by atoms with Gasteiger partial charge in [-0.05, 0) is 18.4 Å². The molecule has 1 fully saturated rings. The first-order chi connectivity index (χ1) is 9.06. The number of hydrogen-bond donors (Lipinski definition) is 0. The van der Waals surface area contributed by atoms with E-state index in [1.54, 1.807) is 25.1 Å². The van der Waals surface area contributed by atoms with Gasteiger partial charge in [0.15, 0.2) is 0 Å². The van der Waals surface area contributed by atoms with Gasteiger partial charge in [0.1, 0.15) is 0 Å². The second-order valence-electron chi connectivity index (χ2n) is 5.78. The second kappa shape index (κ2) is 4.40. The number of rotatable bonds is 0. The van der Waals surface area contributed by atoms with Gasteiger partial charge >= 0.3 is 6.03 Å². The number of piperidine rings is 1. The van der Waals surface area contributed by atoms with Crippen LogP contribution in [0.5, 0.6) is 0 Å². The molecule has 0 unspecified atom stereocenters. The molecule has 3 heterocycles. The van der Waals surface area contributed by atoms with Gasteiger partial charge in [-0.15, -0.1) is 0 Å². The Hall–Kier alpha value is -1.78. The van der Waals surface area contributed by atoms with Crippen molar-refractivity contribution in [3.63, 3.8) is 0 Å². The molecule has 0 spiro atoms. The number of nitrogens with zero attached hydrogens (tertiary/aromatic N) is 3. The van der Waals surface area contributed by atoms with E-state index in [0.29, 0.717) is 11.8 Å². The van der Waals surface area contributed by atoms with Crippen LogP contribution in [0.4, 0.5) is 4.79 Å². The molecule has 0 saturated carbocycles. The van der Waals surface area contributed by atoms with Crippen LogP contribution in [0.15, 0.2) is 23.0 Å². The largest absolute Gasteiger partial charge is 0.331 e. The van der Waals surface area contributed by atoms with Crippen LogP contribution in [-0.2, 0) is 6.54 Å². The highest BCUT2D eigenvalue weighted by Crippen LogP contribution is 2.35. The molecule has 2 bridgehead atoms. The SMILES string of the molecule is CN(C)C(=O)N1C[C@@H]2C[C@@H](C1)c1cccc(=O)n1C2. The fourth-order valence-corrected chi connectivity index (χ4v) is 3.34. The van der Waals surface area contributed by atoms with Gasteiger partial charge in [0.05, 0.1) is 0 Å². The monoisotopic (exact) mass is 261 g/mol. The van der Waals surface area contributed by atoms with E-state index in [1.807, 2.05) is 21.6 Å². The van der Waals surface area contributed by atoms with E-state index in [-0.39, 0.29) is 11.6 Å². The van der Waals surface area contributed by atoms with E-state index in [2.05, 4.69) is 0 Å². The summed E-state index contributed by atoms with van der Waals surface area (Å²) < 4.78 is 1.89. The van der Waals surface area contributed by atoms with Gasteiger partial charge in [0.2, 0.25) is 0 Å². The summed E-state index contributed by atoms with van der Waals surface area (Å²) in [5.74, 6) is 0.695. The average molecular weight is 261 g/mol. The number of likely N-dealkylation sites (tertiary alicyclic amines) is 1. The number of hydrogen-bond acceptors (Lipinski definition) is 2. The number of pyridine rings is 1. The molecule has 5 heteroatoms. The molecule has 1 aromatic heterocycles. The zero-order valence-corrected chi connectivity index (χ0v) is 11.4. The van der Waals surface area contributed by atoms with Crippen molar-refractivity contribution < 1.29 is 4.79 Å². The molecule has 19 heavy (non-hydrogen) atoms. The first-order valence-corrected chi connectivity index (χ1v) is 6.72. The number of urea groups is 1. The molecule has 2 atom stereocenters. The van der Waals surface area contributed by atoms with Gasteiger partial charge in [0, 0.05) is 51.4 Å². The maximum absolute atomic E-state index is 12.1. The van der Waals surface area contributed by atoms with E-state index in [4.69, 9.17) is 0 Å². The standard InChI is InChI=1S/C14H19N3O2/c1-15(2)14(19)16-7-10-6-11(9-16)12-4-3-5-13(18)17(12)8-10/h3-5,10-11H,6-9H2,1-2H3/t10-,11-/m0/s1. The lowest BCUT2D eigenvalue weighted by molar-refractivity contribution is 0.115. The van der Waals surface area contributed by atoms with Gasteiger partial charge in [-0.3, -0.25) is 4.79 Å². The van der Waals surface area contributed by atoms with E-state index in [0.717, 1.165) is 31.7 Å². The summed E-state index contributed by atoms with van der Waals surface area (Å²) in [6.07, 6.45) is 1.08. The maximum Gasteiger partial charge on any atom is 0.319 e. The first kappa shape index (κ1) is 12.3. The molecular weight excluding hydrogens is 242 g/mol. The Kier molecular flexibility index (Phi) is 2.84. The maximum atomic E-state index is 12.1. The molecule has 0 radical (unpaired) electrons. The van der Waals surface area contributed by atoms with Crippen molar-refractivity contribution in [2.45, 2.75) is 18.9 Å². The highest BCUT2D eigenvalue weighted by Gasteiger charge is 2.36. The molecule has 0 N–H and O–H groups in total. The summed E-state index contributed by atoms with van der Waals surface area (Å²) >= 11 is 0. The van der Waals surface area contributed by atoms with Crippen LogP contribution in [0.1, 0.15) is 18.0 Å². The van der Waals surface area contributed by atoms with Crippen molar-refractivity contribution in [3.8, 4) is 0 Å². The summed E-state index contributed by atoms with van der Waals surface area (Å²) in [5.41, 5.74) is 1.17. The molecule has 102 valence electrons. The first-order valence-electron chi connectivity index (χ1n) is 6.72. The minimum atomic E-state index is 0.0708. The van der Waals surface area contributed by atoms with Gasteiger partial charge < -0.3 is 14.4 Å². The second-order valence-corrected chi connectivity index (χ2v) is 5.78. The Balaban J connectivity index is 1.92. The van der Waals surface area contributed by atoms with Crippen LogP contribution in [0.2, 0.25) is 0 Å². The zero-order valence-electron chi connectivity index (χ0n) is 11.4. The van der Waals surface area contributed by atoms with Crippen LogP contribution in [-0.4, -0.2) is 47.6 Å². The minimum Gasteiger partial charge on any atom is -0.331 e. The smallest absolute Gasteiger partial charge is 0.319 e. The molecule has 5 nitrogen and oxygen atoms in total. The molecule has 3 rings (SSSR count). The Labute approximate surface area is 112 Å². The minimum absolute atomic E-state index is 0.0708.